The molecule has 3 fully saturated rings. The molecule has 0 bridgehead atoms. The van der Waals surface area contributed by atoms with Crippen LogP contribution in [-0.4, -0.2) is 94.6 Å². The minimum atomic E-state index is -1.06. The Labute approximate surface area is 280 Å². The van der Waals surface area contributed by atoms with Gasteiger partial charge in [0.1, 0.15) is 18.2 Å². The molecule has 0 radical (unpaired) electrons. The first kappa shape index (κ1) is 34.7. The number of hydrogen-bond donors (Lipinski definition) is 2. The molecule has 1 aliphatic carbocycles. The minimum absolute atomic E-state index is 0.0164. The zero-order valence-electron chi connectivity index (χ0n) is 27.7. The number of Topliss-reactive ketones (excluding diaryl/α,β-unsaturated/α-hetero) is 1. The molecule has 256 valence electrons. The molecule has 2 N–H and O–H groups in total. The molecule has 5 rings (SSSR count). The molecular formula is C34H46ClN5O7. The zero-order valence-corrected chi connectivity index (χ0v) is 28.4. The van der Waals surface area contributed by atoms with Gasteiger partial charge in [0.05, 0.1) is 18.3 Å². The first-order valence-corrected chi connectivity index (χ1v) is 17.1. The van der Waals surface area contributed by atoms with Gasteiger partial charge in [0.2, 0.25) is 17.6 Å². The number of hydrogen-bond acceptors (Lipinski definition) is 8. The van der Waals surface area contributed by atoms with Crippen molar-refractivity contribution in [2.24, 2.45) is 10.6 Å². The Hall–Kier alpha value is -3.67. The molecule has 1 aromatic carbocycles. The van der Waals surface area contributed by atoms with Crippen molar-refractivity contribution in [2.45, 2.75) is 115 Å². The Morgan fingerprint density at radius 3 is 2.45 bits per heavy atom. The average molecular weight is 672 g/mol. The molecule has 3 heterocycles. The summed E-state index contributed by atoms with van der Waals surface area (Å²) in [6, 6.07) is 4.08. The lowest BCUT2D eigenvalue weighted by Crippen LogP contribution is -2.59. The highest BCUT2D eigenvalue weighted by Crippen LogP contribution is 2.40. The summed E-state index contributed by atoms with van der Waals surface area (Å²) < 4.78 is 5.62. The van der Waals surface area contributed by atoms with Gasteiger partial charge in [0, 0.05) is 36.5 Å². The molecule has 0 aromatic heterocycles. The first-order chi connectivity index (χ1) is 22.3. The van der Waals surface area contributed by atoms with Crippen molar-refractivity contribution < 1.29 is 33.5 Å². The highest BCUT2D eigenvalue weighted by Gasteiger charge is 2.56. The van der Waals surface area contributed by atoms with Crippen LogP contribution in [0.5, 0.6) is 0 Å². The van der Waals surface area contributed by atoms with Gasteiger partial charge in [0.25, 0.3) is 5.91 Å². The van der Waals surface area contributed by atoms with E-state index in [4.69, 9.17) is 21.2 Å². The smallest absolute Gasteiger partial charge is 0.408 e. The van der Waals surface area contributed by atoms with Crippen LogP contribution in [0.1, 0.15) is 91.0 Å². The third-order valence-corrected chi connectivity index (χ3v) is 9.73. The van der Waals surface area contributed by atoms with E-state index in [1.54, 1.807) is 12.1 Å². The number of oxime groups is 1. The van der Waals surface area contributed by atoms with Gasteiger partial charge < -0.3 is 30.0 Å². The van der Waals surface area contributed by atoms with Gasteiger partial charge in [-0.1, -0.05) is 63.0 Å². The van der Waals surface area contributed by atoms with Crippen molar-refractivity contribution in [1.29, 1.82) is 0 Å². The van der Waals surface area contributed by atoms with E-state index in [9.17, 15) is 24.0 Å². The number of amides is 4. The van der Waals surface area contributed by atoms with Crippen LogP contribution in [0.15, 0.2) is 29.4 Å². The standard InChI is InChI=1S/C34H46ClN5O7/c1-5-10-24(27(41)30(43)39-15-9-16-39)36-29(42)26-19-34(18-25(38-47-34)21-11-8-12-22(35)17-21)20-40(26)31(44)28(33(2,3)4)37-32(45)46-23-13-6-7-14-23/h8,11-12,17,23-24,26,28H,5-7,9-10,13-16,18-20H2,1-4H3,(H,36,42)(H,37,45)/t24-,26-,28+,34+/m0/s1. The Morgan fingerprint density at radius 2 is 1.83 bits per heavy atom. The quantitative estimate of drug-likeness (QED) is 0.358. The number of benzene rings is 1. The van der Waals surface area contributed by atoms with Crippen molar-refractivity contribution in [3.8, 4) is 0 Å². The third-order valence-electron chi connectivity index (χ3n) is 9.50. The monoisotopic (exact) mass is 671 g/mol. The second-order valence-corrected chi connectivity index (χ2v) is 14.7. The molecule has 47 heavy (non-hydrogen) atoms. The predicted octanol–water partition coefficient (Wildman–Crippen LogP) is 3.97. The Bertz CT molecular complexity index is 1420. The zero-order chi connectivity index (χ0) is 33.9. The van der Waals surface area contributed by atoms with Crippen LogP contribution in [0.2, 0.25) is 5.02 Å². The number of carbonyl (C=O) groups excluding carboxylic acids is 5. The van der Waals surface area contributed by atoms with Gasteiger partial charge in [-0.15, -0.1) is 0 Å². The third kappa shape index (κ3) is 7.90. The van der Waals surface area contributed by atoms with Crippen LogP contribution in [-0.2, 0) is 28.8 Å². The maximum Gasteiger partial charge on any atom is 0.408 e. The molecule has 2 saturated heterocycles. The number of halogens is 1. The molecule has 12 nitrogen and oxygen atoms in total. The van der Waals surface area contributed by atoms with E-state index >= 15 is 0 Å². The molecule has 13 heteroatoms. The van der Waals surface area contributed by atoms with E-state index in [1.165, 1.54) is 9.80 Å². The lowest BCUT2D eigenvalue weighted by atomic mass is 9.85. The molecule has 1 spiro atoms. The summed E-state index contributed by atoms with van der Waals surface area (Å²) in [6.07, 6.45) is 4.72. The highest BCUT2D eigenvalue weighted by molar-refractivity contribution is 6.38. The number of nitrogens with one attached hydrogen (secondary N) is 2. The van der Waals surface area contributed by atoms with Crippen LogP contribution in [0.4, 0.5) is 4.79 Å². The number of ether oxygens (including phenoxy) is 1. The van der Waals surface area contributed by atoms with E-state index < -0.39 is 58.7 Å². The second kappa shape index (κ2) is 14.2. The summed E-state index contributed by atoms with van der Waals surface area (Å²) in [4.78, 5) is 76.5. The van der Waals surface area contributed by atoms with Crippen LogP contribution in [0.25, 0.3) is 0 Å². The number of alkyl carbamates (subject to hydrolysis) is 1. The number of nitrogens with zero attached hydrogens (tertiary/aromatic N) is 3. The van der Waals surface area contributed by atoms with E-state index in [-0.39, 0.29) is 25.5 Å². The summed E-state index contributed by atoms with van der Waals surface area (Å²) in [5, 5.41) is 10.5. The fourth-order valence-electron chi connectivity index (χ4n) is 6.73. The van der Waals surface area contributed by atoms with Crippen molar-refractivity contribution in [3.63, 3.8) is 0 Å². The average Bonchev–Trinajstić information content (AvgIpc) is 3.74. The van der Waals surface area contributed by atoms with E-state index in [0.717, 1.165) is 37.7 Å². The second-order valence-electron chi connectivity index (χ2n) is 14.3. The Kier molecular flexibility index (Phi) is 10.5. The summed E-state index contributed by atoms with van der Waals surface area (Å²) in [5.74, 6) is -2.33. The number of ketones is 1. The van der Waals surface area contributed by atoms with Crippen molar-refractivity contribution in [1.82, 2.24) is 20.4 Å². The topological polar surface area (TPSA) is 147 Å². The molecule has 1 saturated carbocycles. The van der Waals surface area contributed by atoms with Gasteiger partial charge in [0.15, 0.2) is 5.60 Å². The maximum absolute atomic E-state index is 14.4. The van der Waals surface area contributed by atoms with Gasteiger partial charge in [-0.05, 0) is 56.1 Å². The Morgan fingerprint density at radius 1 is 1.11 bits per heavy atom. The van der Waals surface area contributed by atoms with Gasteiger partial charge in [-0.3, -0.25) is 19.2 Å². The van der Waals surface area contributed by atoms with Crippen molar-refractivity contribution in [2.75, 3.05) is 19.6 Å². The van der Waals surface area contributed by atoms with Crippen LogP contribution < -0.4 is 10.6 Å². The van der Waals surface area contributed by atoms with Gasteiger partial charge in [-0.2, -0.15) is 0 Å². The Balaban J connectivity index is 1.39. The summed E-state index contributed by atoms with van der Waals surface area (Å²) >= 11 is 6.23. The molecule has 0 unspecified atom stereocenters. The van der Waals surface area contributed by atoms with Gasteiger partial charge >= 0.3 is 6.09 Å². The summed E-state index contributed by atoms with van der Waals surface area (Å²) in [5.41, 5.74) is -0.376. The lowest BCUT2D eigenvalue weighted by Gasteiger charge is -2.35. The molecular weight excluding hydrogens is 626 g/mol. The van der Waals surface area contributed by atoms with Crippen molar-refractivity contribution in [3.05, 3.63) is 34.9 Å². The largest absolute Gasteiger partial charge is 0.446 e. The van der Waals surface area contributed by atoms with E-state index in [2.05, 4.69) is 15.8 Å². The van der Waals surface area contributed by atoms with E-state index in [0.29, 0.717) is 36.7 Å². The van der Waals surface area contributed by atoms with Crippen LogP contribution in [0, 0.1) is 5.41 Å². The minimum Gasteiger partial charge on any atom is -0.446 e. The van der Waals surface area contributed by atoms with Crippen LogP contribution in [0.3, 0.4) is 0 Å². The molecule has 3 aliphatic heterocycles. The highest BCUT2D eigenvalue weighted by atomic mass is 35.5. The molecule has 4 amide bonds. The number of carbonyl (C=O) groups is 5. The SMILES string of the molecule is CCC[C@H](NC(=O)[C@@H]1C[C@]2(CC(c3cccc(Cl)c3)=NO2)CN1C(=O)[C@@H](NC(=O)OC1CCCC1)C(C)(C)C)C(=O)C(=O)N1CCC1. The lowest BCUT2D eigenvalue weighted by molar-refractivity contribution is -0.149. The number of likely N-dealkylation sites (tertiary alicyclic amines) is 2. The molecule has 4 atom stereocenters. The fourth-order valence-corrected chi connectivity index (χ4v) is 6.92. The molecule has 1 aromatic rings. The molecule has 4 aliphatic rings. The predicted molar refractivity (Wildman–Crippen MR) is 175 cm³/mol. The summed E-state index contributed by atoms with van der Waals surface area (Å²) in [6.45, 7) is 8.40. The van der Waals surface area contributed by atoms with Gasteiger partial charge in [-0.25, -0.2) is 4.79 Å². The van der Waals surface area contributed by atoms with E-state index in [1.807, 2.05) is 39.8 Å². The first-order valence-electron chi connectivity index (χ1n) is 16.7. The van der Waals surface area contributed by atoms with Crippen LogP contribution >= 0.6 is 11.6 Å². The fraction of sp³-hybridized carbons (Fsp3) is 0.647. The number of rotatable bonds is 10. The normalized spacial score (nSPS) is 23.9. The van der Waals surface area contributed by atoms with Crippen molar-refractivity contribution >= 4 is 46.9 Å². The maximum atomic E-state index is 14.4. The summed E-state index contributed by atoms with van der Waals surface area (Å²) in [7, 11) is 0.